The van der Waals surface area contributed by atoms with E-state index >= 15 is 0 Å². The molecule has 20 heavy (non-hydrogen) atoms. The molecule has 3 atom stereocenters. The van der Waals surface area contributed by atoms with Crippen LogP contribution in [0.2, 0.25) is 0 Å². The molecule has 0 heterocycles. The molecule has 1 saturated carbocycles. The maximum Gasteiger partial charge on any atom is 0.0351 e. The van der Waals surface area contributed by atoms with Crippen molar-refractivity contribution >= 4 is 15.9 Å². The SMILES string of the molecule is CCNC(c1ccc(Br)cc1C)C1CC(C)CC(C)C1. The molecule has 1 aromatic carbocycles. The average Bonchev–Trinajstić information content (AvgIpc) is 2.35. The zero-order valence-electron chi connectivity index (χ0n) is 13.2. The van der Waals surface area contributed by atoms with E-state index in [4.69, 9.17) is 0 Å². The fraction of sp³-hybridized carbons (Fsp3) is 0.667. The van der Waals surface area contributed by atoms with Crippen LogP contribution in [-0.4, -0.2) is 6.54 Å². The Balaban J connectivity index is 2.25. The minimum atomic E-state index is 0.512. The Labute approximate surface area is 132 Å². The first-order chi connectivity index (χ1) is 9.51. The molecule has 0 radical (unpaired) electrons. The molecule has 0 spiro atoms. The van der Waals surface area contributed by atoms with Gasteiger partial charge in [-0.05, 0) is 73.7 Å². The maximum absolute atomic E-state index is 3.75. The predicted octanol–water partition coefficient (Wildman–Crippen LogP) is 5.48. The van der Waals surface area contributed by atoms with Gasteiger partial charge >= 0.3 is 0 Å². The molecule has 1 aliphatic rings. The van der Waals surface area contributed by atoms with Gasteiger partial charge in [-0.15, -0.1) is 0 Å². The van der Waals surface area contributed by atoms with Crippen molar-refractivity contribution in [3.05, 3.63) is 33.8 Å². The highest BCUT2D eigenvalue weighted by Gasteiger charge is 2.31. The van der Waals surface area contributed by atoms with Crippen molar-refractivity contribution < 1.29 is 0 Å². The van der Waals surface area contributed by atoms with Crippen molar-refractivity contribution in [3.63, 3.8) is 0 Å². The van der Waals surface area contributed by atoms with E-state index in [9.17, 15) is 0 Å². The van der Waals surface area contributed by atoms with E-state index in [2.05, 4.69) is 67.1 Å². The number of benzene rings is 1. The highest BCUT2D eigenvalue weighted by molar-refractivity contribution is 9.10. The molecule has 1 nitrogen and oxygen atoms in total. The van der Waals surface area contributed by atoms with Gasteiger partial charge in [0.05, 0.1) is 0 Å². The second kappa shape index (κ2) is 7.09. The van der Waals surface area contributed by atoms with Crippen LogP contribution in [-0.2, 0) is 0 Å². The number of nitrogens with one attached hydrogen (secondary N) is 1. The van der Waals surface area contributed by atoms with Gasteiger partial charge < -0.3 is 5.32 Å². The minimum absolute atomic E-state index is 0.512. The Bertz CT molecular complexity index is 433. The smallest absolute Gasteiger partial charge is 0.0351 e. The zero-order valence-corrected chi connectivity index (χ0v) is 14.8. The van der Waals surface area contributed by atoms with Crippen LogP contribution in [0.4, 0.5) is 0 Å². The largest absolute Gasteiger partial charge is 0.310 e. The number of hydrogen-bond donors (Lipinski definition) is 1. The van der Waals surface area contributed by atoms with Crippen LogP contribution >= 0.6 is 15.9 Å². The van der Waals surface area contributed by atoms with E-state index in [1.807, 2.05) is 0 Å². The van der Waals surface area contributed by atoms with Crippen LogP contribution in [0.3, 0.4) is 0 Å². The van der Waals surface area contributed by atoms with Crippen LogP contribution in [0.1, 0.15) is 57.2 Å². The Kier molecular flexibility index (Phi) is 5.68. The van der Waals surface area contributed by atoms with Gasteiger partial charge in [-0.3, -0.25) is 0 Å². The van der Waals surface area contributed by atoms with Crippen molar-refractivity contribution in [3.8, 4) is 0 Å². The Morgan fingerprint density at radius 3 is 2.40 bits per heavy atom. The van der Waals surface area contributed by atoms with Crippen LogP contribution in [0.25, 0.3) is 0 Å². The monoisotopic (exact) mass is 337 g/mol. The van der Waals surface area contributed by atoms with Gasteiger partial charge in [0, 0.05) is 10.5 Å². The minimum Gasteiger partial charge on any atom is -0.310 e. The van der Waals surface area contributed by atoms with Crippen molar-refractivity contribution in [1.29, 1.82) is 0 Å². The lowest BCUT2D eigenvalue weighted by molar-refractivity contribution is 0.177. The third kappa shape index (κ3) is 3.85. The Morgan fingerprint density at radius 2 is 1.85 bits per heavy atom. The van der Waals surface area contributed by atoms with Crippen molar-refractivity contribution in [2.45, 2.75) is 53.0 Å². The summed E-state index contributed by atoms with van der Waals surface area (Å²) in [5, 5.41) is 3.75. The normalized spacial score (nSPS) is 28.4. The predicted molar refractivity (Wildman–Crippen MR) is 91.0 cm³/mol. The van der Waals surface area contributed by atoms with E-state index in [1.54, 1.807) is 0 Å². The molecule has 0 saturated heterocycles. The molecule has 0 aliphatic heterocycles. The molecule has 1 N–H and O–H groups in total. The van der Waals surface area contributed by atoms with E-state index in [1.165, 1.54) is 34.9 Å². The van der Waals surface area contributed by atoms with Gasteiger partial charge in [0.1, 0.15) is 0 Å². The summed E-state index contributed by atoms with van der Waals surface area (Å²) in [5.74, 6) is 2.50. The molecular formula is C18H28BrN. The van der Waals surface area contributed by atoms with Crippen LogP contribution in [0.15, 0.2) is 22.7 Å². The molecule has 1 aromatic rings. The highest BCUT2D eigenvalue weighted by atomic mass is 79.9. The molecule has 2 heteroatoms. The topological polar surface area (TPSA) is 12.0 Å². The molecular weight excluding hydrogens is 310 g/mol. The van der Waals surface area contributed by atoms with Crippen LogP contribution in [0.5, 0.6) is 0 Å². The molecule has 1 fully saturated rings. The van der Waals surface area contributed by atoms with Crippen molar-refractivity contribution in [2.24, 2.45) is 17.8 Å². The van der Waals surface area contributed by atoms with Gasteiger partial charge in [0.15, 0.2) is 0 Å². The summed E-state index contributed by atoms with van der Waals surface area (Å²) in [6.45, 7) is 10.3. The Hall–Kier alpha value is -0.340. The third-order valence-corrected chi connectivity index (χ3v) is 5.17. The number of hydrogen-bond acceptors (Lipinski definition) is 1. The fourth-order valence-electron chi connectivity index (χ4n) is 4.02. The summed E-state index contributed by atoms with van der Waals surface area (Å²) in [5.41, 5.74) is 2.89. The summed E-state index contributed by atoms with van der Waals surface area (Å²) in [6.07, 6.45) is 4.11. The standard InChI is InChI=1S/C18H28BrN/c1-5-20-18(15-9-12(2)8-13(3)10-15)17-7-6-16(19)11-14(17)4/h6-7,11-13,15,18,20H,5,8-10H2,1-4H3. The summed E-state index contributed by atoms with van der Waals surface area (Å²) >= 11 is 3.58. The first-order valence-electron chi connectivity index (χ1n) is 8.00. The average molecular weight is 338 g/mol. The van der Waals surface area contributed by atoms with Crippen LogP contribution in [0, 0.1) is 24.7 Å². The first kappa shape index (κ1) is 16.0. The molecule has 0 amide bonds. The second-order valence-corrected chi connectivity index (χ2v) is 7.63. The highest BCUT2D eigenvalue weighted by Crippen LogP contribution is 2.40. The van der Waals surface area contributed by atoms with E-state index < -0.39 is 0 Å². The quantitative estimate of drug-likeness (QED) is 0.766. The lowest BCUT2D eigenvalue weighted by Crippen LogP contribution is -2.33. The summed E-state index contributed by atoms with van der Waals surface area (Å²) in [7, 11) is 0. The number of aryl methyl sites for hydroxylation is 1. The number of halogens is 1. The summed E-state index contributed by atoms with van der Waals surface area (Å²) < 4.78 is 1.18. The maximum atomic E-state index is 3.75. The van der Waals surface area contributed by atoms with Gasteiger partial charge in [-0.25, -0.2) is 0 Å². The molecule has 3 unspecified atom stereocenters. The van der Waals surface area contributed by atoms with Crippen LogP contribution < -0.4 is 5.32 Å². The lowest BCUT2D eigenvalue weighted by atomic mass is 9.72. The zero-order chi connectivity index (χ0) is 14.7. The molecule has 0 bridgehead atoms. The molecule has 1 aliphatic carbocycles. The lowest BCUT2D eigenvalue weighted by Gasteiger charge is -2.37. The molecule has 0 aromatic heterocycles. The van der Waals surface area contributed by atoms with Gasteiger partial charge in [0.25, 0.3) is 0 Å². The van der Waals surface area contributed by atoms with Gasteiger partial charge in [0.2, 0.25) is 0 Å². The van der Waals surface area contributed by atoms with E-state index in [-0.39, 0.29) is 0 Å². The summed E-state index contributed by atoms with van der Waals surface area (Å²) in [4.78, 5) is 0. The first-order valence-corrected chi connectivity index (χ1v) is 8.80. The van der Waals surface area contributed by atoms with Gasteiger partial charge in [-0.1, -0.05) is 42.8 Å². The number of rotatable bonds is 4. The third-order valence-electron chi connectivity index (χ3n) is 4.68. The summed E-state index contributed by atoms with van der Waals surface area (Å²) in [6, 6.07) is 7.24. The van der Waals surface area contributed by atoms with Crippen molar-refractivity contribution in [1.82, 2.24) is 5.32 Å². The second-order valence-electron chi connectivity index (χ2n) is 6.71. The van der Waals surface area contributed by atoms with Crippen molar-refractivity contribution in [2.75, 3.05) is 6.54 Å². The fourth-order valence-corrected chi connectivity index (χ4v) is 4.50. The van der Waals surface area contributed by atoms with Gasteiger partial charge in [-0.2, -0.15) is 0 Å². The molecule has 112 valence electrons. The van der Waals surface area contributed by atoms with E-state index in [0.717, 1.165) is 24.3 Å². The van der Waals surface area contributed by atoms with E-state index in [0.29, 0.717) is 6.04 Å². The molecule has 2 rings (SSSR count). The Morgan fingerprint density at radius 1 is 1.20 bits per heavy atom.